The Morgan fingerprint density at radius 2 is 2.55 bits per heavy atom. The fraction of sp³-hybridized carbons (Fsp3) is 0.375. The highest BCUT2D eigenvalue weighted by Gasteiger charge is 2.19. The molecular weight excluding hydrogens is 224 g/mol. The van der Waals surface area contributed by atoms with Gasteiger partial charge >= 0.3 is 0 Å². The van der Waals surface area contributed by atoms with Crippen LogP contribution < -0.4 is 0 Å². The standard InChI is InChI=1S/C8H8BrOS/c1-5-8-6(2-3-10-5)4-7(9)11-8/h4-5H,1-3H2. The molecule has 1 aliphatic rings. The first-order valence-corrected chi connectivity index (χ1v) is 5.11. The predicted octanol–water partition coefficient (Wildman–Crippen LogP) is 2.96. The minimum atomic E-state index is 0.0510. The Morgan fingerprint density at radius 1 is 1.73 bits per heavy atom. The van der Waals surface area contributed by atoms with E-state index in [2.05, 4.69) is 28.9 Å². The van der Waals surface area contributed by atoms with Gasteiger partial charge in [-0.25, -0.2) is 0 Å². The summed E-state index contributed by atoms with van der Waals surface area (Å²) < 4.78 is 6.58. The van der Waals surface area contributed by atoms with Crippen molar-refractivity contribution in [2.45, 2.75) is 12.5 Å². The molecule has 2 rings (SSSR count). The lowest BCUT2D eigenvalue weighted by molar-refractivity contribution is 0.0761. The van der Waals surface area contributed by atoms with E-state index in [1.807, 2.05) is 0 Å². The quantitative estimate of drug-likeness (QED) is 0.668. The molecule has 0 bridgehead atoms. The van der Waals surface area contributed by atoms with E-state index in [0.29, 0.717) is 0 Å². The van der Waals surface area contributed by atoms with Gasteiger partial charge in [0.15, 0.2) is 0 Å². The number of hydrogen-bond acceptors (Lipinski definition) is 2. The van der Waals surface area contributed by atoms with Crippen LogP contribution in [0.3, 0.4) is 0 Å². The molecule has 0 saturated heterocycles. The first-order valence-electron chi connectivity index (χ1n) is 3.50. The number of fused-ring (bicyclic) bond motifs is 1. The summed E-state index contributed by atoms with van der Waals surface area (Å²) in [6, 6.07) is 2.17. The molecule has 0 aliphatic carbocycles. The van der Waals surface area contributed by atoms with Gasteiger partial charge in [0.1, 0.15) is 0 Å². The van der Waals surface area contributed by atoms with Crippen LogP contribution in [0.1, 0.15) is 16.5 Å². The van der Waals surface area contributed by atoms with Crippen LogP contribution >= 0.6 is 27.3 Å². The first kappa shape index (κ1) is 7.77. The smallest absolute Gasteiger partial charge is 0.0921 e. The van der Waals surface area contributed by atoms with Crippen LogP contribution in [0, 0.1) is 6.92 Å². The fourth-order valence-electron chi connectivity index (χ4n) is 1.26. The third kappa shape index (κ3) is 1.37. The maximum atomic E-state index is 5.40. The summed E-state index contributed by atoms with van der Waals surface area (Å²) >= 11 is 5.18. The maximum absolute atomic E-state index is 5.40. The monoisotopic (exact) mass is 231 g/mol. The zero-order valence-corrected chi connectivity index (χ0v) is 8.37. The van der Waals surface area contributed by atoms with Crippen molar-refractivity contribution in [1.29, 1.82) is 0 Å². The molecule has 1 aromatic rings. The van der Waals surface area contributed by atoms with Gasteiger partial charge in [-0.2, -0.15) is 0 Å². The van der Waals surface area contributed by atoms with Crippen LogP contribution in [-0.2, 0) is 11.2 Å². The topological polar surface area (TPSA) is 9.23 Å². The van der Waals surface area contributed by atoms with Crippen molar-refractivity contribution in [2.75, 3.05) is 6.61 Å². The second-order valence-electron chi connectivity index (χ2n) is 2.55. The van der Waals surface area contributed by atoms with Crippen molar-refractivity contribution in [2.24, 2.45) is 0 Å². The first-order chi connectivity index (χ1) is 5.27. The Morgan fingerprint density at radius 3 is 3.27 bits per heavy atom. The molecule has 1 radical (unpaired) electrons. The molecule has 0 saturated carbocycles. The molecule has 1 aromatic heterocycles. The molecule has 3 heteroatoms. The lowest BCUT2D eigenvalue weighted by Gasteiger charge is -2.18. The Labute approximate surface area is 78.5 Å². The normalized spacial score (nSPS) is 23.3. The highest BCUT2D eigenvalue weighted by molar-refractivity contribution is 9.11. The molecule has 11 heavy (non-hydrogen) atoms. The number of ether oxygens (including phenoxy) is 1. The van der Waals surface area contributed by atoms with E-state index in [0.717, 1.165) is 13.0 Å². The number of rotatable bonds is 0. The number of hydrogen-bond donors (Lipinski definition) is 0. The largest absolute Gasteiger partial charge is 0.372 e. The van der Waals surface area contributed by atoms with E-state index in [-0.39, 0.29) is 6.10 Å². The lowest BCUT2D eigenvalue weighted by Crippen LogP contribution is -2.10. The molecule has 2 heterocycles. The Balaban J connectivity index is 2.43. The second-order valence-corrected chi connectivity index (χ2v) is 5.01. The third-order valence-electron chi connectivity index (χ3n) is 1.79. The summed E-state index contributed by atoms with van der Waals surface area (Å²) in [4.78, 5) is 1.28. The van der Waals surface area contributed by atoms with Gasteiger partial charge in [-0.3, -0.25) is 0 Å². The van der Waals surface area contributed by atoms with E-state index < -0.39 is 0 Å². The van der Waals surface area contributed by atoms with Crippen molar-refractivity contribution < 1.29 is 4.74 Å². The molecule has 0 spiro atoms. The number of thiophene rings is 1. The van der Waals surface area contributed by atoms with Gasteiger partial charge in [-0.1, -0.05) is 0 Å². The molecular formula is C8H8BrOS. The van der Waals surface area contributed by atoms with Crippen molar-refractivity contribution >= 4 is 27.3 Å². The highest BCUT2D eigenvalue weighted by atomic mass is 79.9. The zero-order valence-electron chi connectivity index (χ0n) is 5.97. The molecule has 59 valence electrons. The summed E-state index contributed by atoms with van der Waals surface area (Å²) in [6.07, 6.45) is 1.08. The Bertz CT molecular complexity index is 269. The van der Waals surface area contributed by atoms with Gasteiger partial charge in [-0.05, 0) is 40.9 Å². The average molecular weight is 232 g/mol. The molecule has 1 nitrogen and oxygen atoms in total. The summed E-state index contributed by atoms with van der Waals surface area (Å²) in [5.41, 5.74) is 1.40. The summed E-state index contributed by atoms with van der Waals surface area (Å²) in [7, 11) is 0. The molecule has 0 aromatic carbocycles. The van der Waals surface area contributed by atoms with Crippen LogP contribution in [0.5, 0.6) is 0 Å². The van der Waals surface area contributed by atoms with Crippen molar-refractivity contribution in [3.05, 3.63) is 27.2 Å². The molecule has 1 unspecified atom stereocenters. The van der Waals surface area contributed by atoms with E-state index in [1.54, 1.807) is 11.3 Å². The maximum Gasteiger partial charge on any atom is 0.0921 e. The van der Waals surface area contributed by atoms with Crippen LogP contribution in [0.25, 0.3) is 0 Å². The van der Waals surface area contributed by atoms with E-state index in [1.165, 1.54) is 14.2 Å². The minimum Gasteiger partial charge on any atom is -0.372 e. The zero-order chi connectivity index (χ0) is 7.84. The SMILES string of the molecule is [CH2]C1OCCc2cc(Br)sc21. The summed E-state index contributed by atoms with van der Waals surface area (Å²) in [6.45, 7) is 4.73. The van der Waals surface area contributed by atoms with Crippen molar-refractivity contribution in [3.8, 4) is 0 Å². The van der Waals surface area contributed by atoms with Crippen LogP contribution in [-0.4, -0.2) is 6.61 Å². The summed E-state index contributed by atoms with van der Waals surface area (Å²) in [5, 5.41) is 0. The van der Waals surface area contributed by atoms with E-state index in [4.69, 9.17) is 4.74 Å². The molecule has 0 fully saturated rings. The fourth-order valence-corrected chi connectivity index (χ4v) is 2.97. The molecule has 1 atom stereocenters. The van der Waals surface area contributed by atoms with Gasteiger partial charge in [0.25, 0.3) is 0 Å². The Kier molecular flexibility index (Phi) is 2.04. The number of halogens is 1. The predicted molar refractivity (Wildman–Crippen MR) is 49.8 cm³/mol. The van der Waals surface area contributed by atoms with Gasteiger partial charge in [0.2, 0.25) is 0 Å². The van der Waals surface area contributed by atoms with Gasteiger partial charge < -0.3 is 4.74 Å². The molecule has 0 N–H and O–H groups in total. The minimum absolute atomic E-state index is 0.0510. The van der Waals surface area contributed by atoms with Crippen molar-refractivity contribution in [3.63, 3.8) is 0 Å². The van der Waals surface area contributed by atoms with E-state index in [9.17, 15) is 0 Å². The van der Waals surface area contributed by atoms with E-state index >= 15 is 0 Å². The third-order valence-corrected chi connectivity index (χ3v) is 3.57. The van der Waals surface area contributed by atoms with Gasteiger partial charge in [0, 0.05) is 4.88 Å². The van der Waals surface area contributed by atoms with Crippen molar-refractivity contribution in [1.82, 2.24) is 0 Å². The van der Waals surface area contributed by atoms with Crippen LogP contribution in [0.2, 0.25) is 0 Å². The Hall–Kier alpha value is 0.140. The summed E-state index contributed by atoms with van der Waals surface area (Å²) in [5.74, 6) is 0. The van der Waals surface area contributed by atoms with Crippen LogP contribution in [0.15, 0.2) is 9.85 Å². The second kappa shape index (κ2) is 2.88. The highest BCUT2D eigenvalue weighted by Crippen LogP contribution is 2.36. The van der Waals surface area contributed by atoms with Crippen LogP contribution in [0.4, 0.5) is 0 Å². The van der Waals surface area contributed by atoms with Gasteiger partial charge in [-0.15, -0.1) is 11.3 Å². The lowest BCUT2D eigenvalue weighted by atomic mass is 10.1. The molecule has 0 amide bonds. The molecule has 1 aliphatic heterocycles. The van der Waals surface area contributed by atoms with Gasteiger partial charge in [0.05, 0.1) is 16.5 Å². The average Bonchev–Trinajstić information content (AvgIpc) is 2.31.